The van der Waals surface area contributed by atoms with Crippen LogP contribution in [0.3, 0.4) is 0 Å². The van der Waals surface area contributed by atoms with Crippen molar-refractivity contribution >= 4 is 17.1 Å². The standard InChI is InChI=1S/C17H17N3.HI/c1-3-19-13(2)20(15-7-5-4-6-8-15)16-10-9-14(12-18)11-17(16)19;/h4-11,13H,3H2,1-2H3;1H. The Balaban J connectivity index is 0.00000161. The Morgan fingerprint density at radius 2 is 1.90 bits per heavy atom. The summed E-state index contributed by atoms with van der Waals surface area (Å²) >= 11 is 0. The van der Waals surface area contributed by atoms with E-state index in [1.807, 2.05) is 18.2 Å². The van der Waals surface area contributed by atoms with E-state index in [-0.39, 0.29) is 24.0 Å². The number of hydrogen-bond acceptors (Lipinski definition) is 2. The molecule has 1 aliphatic heterocycles. The number of nitriles is 1. The molecule has 1 heterocycles. The molecule has 2 unspecified atom stereocenters. The zero-order chi connectivity index (χ0) is 14.1. The minimum absolute atomic E-state index is 0. The van der Waals surface area contributed by atoms with Gasteiger partial charge in [-0.05, 0) is 31.2 Å². The van der Waals surface area contributed by atoms with E-state index in [4.69, 9.17) is 5.26 Å². The van der Waals surface area contributed by atoms with Crippen LogP contribution in [0.1, 0.15) is 19.4 Å². The van der Waals surface area contributed by atoms with Gasteiger partial charge in [0, 0.05) is 19.5 Å². The second-order valence-electron chi connectivity index (χ2n) is 5.09. The van der Waals surface area contributed by atoms with Crippen LogP contribution in [0, 0.1) is 11.3 Å². The lowest BCUT2D eigenvalue weighted by molar-refractivity contribution is -0.780. The summed E-state index contributed by atoms with van der Waals surface area (Å²) in [6.07, 6.45) is 0.339. The van der Waals surface area contributed by atoms with Gasteiger partial charge in [0.15, 0.2) is 11.9 Å². The van der Waals surface area contributed by atoms with E-state index in [0.717, 1.165) is 12.1 Å². The van der Waals surface area contributed by atoms with E-state index in [9.17, 15) is 0 Å². The van der Waals surface area contributed by atoms with Crippen LogP contribution in [0.5, 0.6) is 0 Å². The van der Waals surface area contributed by atoms with E-state index < -0.39 is 0 Å². The number of nitrogens with one attached hydrogen (secondary N) is 1. The summed E-state index contributed by atoms with van der Waals surface area (Å²) in [4.78, 5) is 3.71. The highest BCUT2D eigenvalue weighted by Crippen LogP contribution is 2.31. The molecule has 0 saturated heterocycles. The van der Waals surface area contributed by atoms with Gasteiger partial charge in [-0.25, -0.2) is 4.90 Å². The average molecular weight is 391 g/mol. The first-order valence-electron chi connectivity index (χ1n) is 6.99. The molecule has 0 saturated carbocycles. The van der Waals surface area contributed by atoms with Gasteiger partial charge in [0.05, 0.1) is 11.6 Å². The molecule has 108 valence electrons. The van der Waals surface area contributed by atoms with Gasteiger partial charge in [-0.3, -0.25) is 0 Å². The summed E-state index contributed by atoms with van der Waals surface area (Å²) in [6, 6.07) is 18.8. The summed E-state index contributed by atoms with van der Waals surface area (Å²) in [6.45, 7) is 5.34. The second-order valence-corrected chi connectivity index (χ2v) is 5.09. The maximum absolute atomic E-state index is 9.10. The SMILES string of the molecule is CCN1c2cc(C#N)ccc2[NH+](c2ccccc2)C1C.[I-]. The molecule has 2 atom stereocenters. The van der Waals surface area contributed by atoms with Gasteiger partial charge >= 0.3 is 0 Å². The largest absolute Gasteiger partial charge is 1.00 e. The maximum Gasteiger partial charge on any atom is 0.169 e. The van der Waals surface area contributed by atoms with Gasteiger partial charge in [0.2, 0.25) is 0 Å². The molecular weight excluding hydrogens is 373 g/mol. The van der Waals surface area contributed by atoms with Crippen LogP contribution >= 0.6 is 0 Å². The molecular formula is C17H18IN3. The van der Waals surface area contributed by atoms with Crippen LogP contribution < -0.4 is 33.8 Å². The second kappa shape index (κ2) is 6.46. The number of anilines is 1. The molecule has 2 aromatic carbocycles. The van der Waals surface area contributed by atoms with Crippen molar-refractivity contribution in [2.75, 3.05) is 11.4 Å². The van der Waals surface area contributed by atoms with E-state index in [1.165, 1.54) is 22.0 Å². The smallest absolute Gasteiger partial charge is 0.169 e. The topological polar surface area (TPSA) is 31.5 Å². The lowest BCUT2D eigenvalue weighted by Crippen LogP contribution is -3.06. The highest BCUT2D eigenvalue weighted by Gasteiger charge is 2.38. The normalized spacial score (nSPS) is 19.6. The first kappa shape index (κ1) is 15.8. The number of nitrogens with zero attached hydrogens (tertiary/aromatic N) is 2. The Hall–Kier alpha value is -1.58. The zero-order valence-corrected chi connectivity index (χ0v) is 14.3. The van der Waals surface area contributed by atoms with Crippen molar-refractivity contribution < 1.29 is 28.9 Å². The van der Waals surface area contributed by atoms with Gasteiger partial charge in [-0.2, -0.15) is 5.26 Å². The number of para-hydroxylation sites is 1. The lowest BCUT2D eigenvalue weighted by atomic mass is 10.1. The van der Waals surface area contributed by atoms with Crippen molar-refractivity contribution in [1.29, 1.82) is 5.26 Å². The molecule has 0 aliphatic carbocycles. The number of hydrogen-bond donors (Lipinski definition) is 1. The average Bonchev–Trinajstić information content (AvgIpc) is 2.78. The predicted octanol–water partition coefficient (Wildman–Crippen LogP) is -0.404. The van der Waals surface area contributed by atoms with Gasteiger partial charge in [0.25, 0.3) is 0 Å². The summed E-state index contributed by atoms with van der Waals surface area (Å²) in [7, 11) is 0. The quantitative estimate of drug-likeness (QED) is 0.707. The summed E-state index contributed by atoms with van der Waals surface area (Å²) < 4.78 is 0. The molecule has 0 radical (unpaired) electrons. The monoisotopic (exact) mass is 391 g/mol. The van der Waals surface area contributed by atoms with Crippen LogP contribution in [0.2, 0.25) is 0 Å². The molecule has 4 heteroatoms. The minimum atomic E-state index is 0. The Labute approximate surface area is 142 Å². The van der Waals surface area contributed by atoms with Crippen LogP contribution in [-0.4, -0.2) is 12.7 Å². The molecule has 3 nitrogen and oxygen atoms in total. The van der Waals surface area contributed by atoms with Gasteiger partial charge in [-0.1, -0.05) is 18.2 Å². The third kappa shape index (κ3) is 2.63. The van der Waals surface area contributed by atoms with Crippen molar-refractivity contribution in [3.05, 3.63) is 54.1 Å². The van der Waals surface area contributed by atoms with Crippen LogP contribution in [-0.2, 0) is 0 Å². The van der Waals surface area contributed by atoms with Crippen molar-refractivity contribution in [2.45, 2.75) is 20.0 Å². The molecule has 1 N–H and O–H groups in total. The van der Waals surface area contributed by atoms with E-state index in [2.05, 4.69) is 55.1 Å². The van der Waals surface area contributed by atoms with Crippen LogP contribution in [0.25, 0.3) is 0 Å². The fraction of sp³-hybridized carbons (Fsp3) is 0.235. The molecule has 0 amide bonds. The van der Waals surface area contributed by atoms with Crippen LogP contribution in [0.4, 0.5) is 17.1 Å². The molecule has 0 fully saturated rings. The lowest BCUT2D eigenvalue weighted by Gasteiger charge is -2.24. The van der Waals surface area contributed by atoms with Gasteiger partial charge in [0.1, 0.15) is 11.4 Å². The molecule has 0 spiro atoms. The van der Waals surface area contributed by atoms with E-state index in [0.29, 0.717) is 6.17 Å². The van der Waals surface area contributed by atoms with E-state index >= 15 is 0 Å². The Kier molecular flexibility index (Phi) is 4.86. The third-order valence-corrected chi connectivity index (χ3v) is 4.04. The van der Waals surface area contributed by atoms with E-state index in [1.54, 1.807) is 0 Å². The molecule has 1 aliphatic rings. The molecule has 0 aromatic heterocycles. The van der Waals surface area contributed by atoms with Gasteiger partial charge < -0.3 is 28.9 Å². The first-order chi connectivity index (χ1) is 9.76. The molecule has 0 bridgehead atoms. The number of rotatable bonds is 2. The Bertz CT molecular complexity index is 663. The van der Waals surface area contributed by atoms with Crippen LogP contribution in [0.15, 0.2) is 48.5 Å². The zero-order valence-electron chi connectivity index (χ0n) is 12.2. The minimum Gasteiger partial charge on any atom is -1.00 e. The Morgan fingerprint density at radius 1 is 1.19 bits per heavy atom. The number of fused-ring (bicyclic) bond motifs is 1. The summed E-state index contributed by atoms with van der Waals surface area (Å²) in [5, 5.41) is 9.10. The summed E-state index contributed by atoms with van der Waals surface area (Å²) in [5.41, 5.74) is 4.42. The maximum atomic E-state index is 9.10. The fourth-order valence-electron chi connectivity index (χ4n) is 3.11. The summed E-state index contributed by atoms with van der Waals surface area (Å²) in [5.74, 6) is 0. The van der Waals surface area contributed by atoms with Crippen molar-refractivity contribution in [3.8, 4) is 6.07 Å². The van der Waals surface area contributed by atoms with Gasteiger partial charge in [-0.15, -0.1) is 0 Å². The third-order valence-electron chi connectivity index (χ3n) is 4.04. The Morgan fingerprint density at radius 3 is 2.52 bits per heavy atom. The highest BCUT2D eigenvalue weighted by atomic mass is 127. The molecule has 3 rings (SSSR count). The first-order valence-corrected chi connectivity index (χ1v) is 6.99. The fourth-order valence-corrected chi connectivity index (χ4v) is 3.11. The van der Waals surface area contributed by atoms with Crippen molar-refractivity contribution in [2.24, 2.45) is 0 Å². The van der Waals surface area contributed by atoms with Crippen molar-refractivity contribution in [3.63, 3.8) is 0 Å². The number of halogens is 1. The highest BCUT2D eigenvalue weighted by molar-refractivity contribution is 5.69. The molecule has 21 heavy (non-hydrogen) atoms. The molecule has 2 aromatic rings. The number of quaternary nitrogens is 1. The number of benzene rings is 2. The predicted molar refractivity (Wildman–Crippen MR) is 80.4 cm³/mol. The van der Waals surface area contributed by atoms with Crippen molar-refractivity contribution in [1.82, 2.24) is 0 Å².